The van der Waals surface area contributed by atoms with Gasteiger partial charge >= 0.3 is 0 Å². The number of carbonyl (C=O) groups is 1. The zero-order valence-corrected chi connectivity index (χ0v) is 12.3. The maximum Gasteiger partial charge on any atom is 0.257 e. The second kappa shape index (κ2) is 5.56. The third kappa shape index (κ3) is 3.03. The first kappa shape index (κ1) is 13.6. The summed E-state index contributed by atoms with van der Waals surface area (Å²) >= 11 is 0. The van der Waals surface area contributed by atoms with E-state index >= 15 is 0 Å². The van der Waals surface area contributed by atoms with Gasteiger partial charge in [0.1, 0.15) is 11.3 Å². The molecular formula is C15H23N3O2. The minimum absolute atomic E-state index is 0.0399. The van der Waals surface area contributed by atoms with E-state index in [1.54, 1.807) is 6.92 Å². The van der Waals surface area contributed by atoms with Crippen LogP contribution in [0.1, 0.15) is 47.5 Å². The van der Waals surface area contributed by atoms with Crippen molar-refractivity contribution in [3.05, 3.63) is 17.0 Å². The van der Waals surface area contributed by atoms with Gasteiger partial charge in [-0.3, -0.25) is 4.79 Å². The topological polar surface area (TPSA) is 58.4 Å². The molecular weight excluding hydrogens is 254 g/mol. The van der Waals surface area contributed by atoms with E-state index in [0.717, 1.165) is 31.8 Å². The molecule has 1 amide bonds. The Balaban J connectivity index is 1.50. The van der Waals surface area contributed by atoms with Crippen LogP contribution in [0.25, 0.3) is 0 Å². The summed E-state index contributed by atoms with van der Waals surface area (Å²) in [6.45, 7) is 7.05. The monoisotopic (exact) mass is 277 g/mol. The van der Waals surface area contributed by atoms with Crippen molar-refractivity contribution >= 4 is 5.91 Å². The van der Waals surface area contributed by atoms with Gasteiger partial charge in [-0.25, -0.2) is 0 Å². The Morgan fingerprint density at radius 1 is 1.30 bits per heavy atom. The summed E-state index contributed by atoms with van der Waals surface area (Å²) in [5.74, 6) is 1.51. The van der Waals surface area contributed by atoms with Crippen molar-refractivity contribution in [2.45, 2.75) is 45.6 Å². The van der Waals surface area contributed by atoms with E-state index in [9.17, 15) is 4.79 Å². The molecule has 2 heterocycles. The van der Waals surface area contributed by atoms with Crippen molar-refractivity contribution < 1.29 is 9.32 Å². The van der Waals surface area contributed by atoms with Gasteiger partial charge in [-0.05, 0) is 45.4 Å². The normalized spacial score (nSPS) is 21.1. The van der Waals surface area contributed by atoms with Crippen molar-refractivity contribution in [1.82, 2.24) is 15.4 Å². The van der Waals surface area contributed by atoms with Crippen molar-refractivity contribution in [2.75, 3.05) is 19.6 Å². The summed E-state index contributed by atoms with van der Waals surface area (Å²) < 4.78 is 5.05. The summed E-state index contributed by atoms with van der Waals surface area (Å²) in [6, 6.07) is 0.284. The standard InChI is InChI=1S/C15H23N3O2/c1-10-14(11(2)20-17-10)15(19)16-13-5-7-18(8-6-13)9-12-3-4-12/h12-13H,3-9H2,1-2H3,(H,16,19). The van der Waals surface area contributed by atoms with Crippen molar-refractivity contribution in [1.29, 1.82) is 0 Å². The number of aryl methyl sites for hydroxylation is 2. The van der Waals surface area contributed by atoms with Crippen LogP contribution in [0.4, 0.5) is 0 Å². The van der Waals surface area contributed by atoms with E-state index in [4.69, 9.17) is 4.52 Å². The van der Waals surface area contributed by atoms with Gasteiger partial charge in [-0.1, -0.05) is 5.16 Å². The van der Waals surface area contributed by atoms with Crippen molar-refractivity contribution in [3.63, 3.8) is 0 Å². The average molecular weight is 277 g/mol. The molecule has 0 atom stereocenters. The Labute approximate surface area is 119 Å². The number of likely N-dealkylation sites (tertiary alicyclic amines) is 1. The van der Waals surface area contributed by atoms with Crippen LogP contribution >= 0.6 is 0 Å². The van der Waals surface area contributed by atoms with Crippen molar-refractivity contribution in [3.8, 4) is 0 Å². The molecule has 20 heavy (non-hydrogen) atoms. The highest BCUT2D eigenvalue weighted by Gasteiger charge is 2.28. The first-order valence-corrected chi connectivity index (χ1v) is 7.59. The van der Waals surface area contributed by atoms with Crippen LogP contribution in [0.3, 0.4) is 0 Å². The van der Waals surface area contributed by atoms with Crippen LogP contribution in [-0.2, 0) is 0 Å². The van der Waals surface area contributed by atoms with Crippen LogP contribution in [0.2, 0.25) is 0 Å². The third-order valence-electron chi connectivity index (χ3n) is 4.40. The predicted molar refractivity (Wildman–Crippen MR) is 75.6 cm³/mol. The summed E-state index contributed by atoms with van der Waals surface area (Å²) in [5, 5.41) is 6.96. The zero-order chi connectivity index (χ0) is 14.1. The maximum absolute atomic E-state index is 12.3. The second-order valence-corrected chi connectivity index (χ2v) is 6.19. The molecule has 0 radical (unpaired) electrons. The number of carbonyl (C=O) groups excluding carboxylic acids is 1. The minimum Gasteiger partial charge on any atom is -0.361 e. The second-order valence-electron chi connectivity index (χ2n) is 6.19. The number of nitrogens with zero attached hydrogens (tertiary/aromatic N) is 2. The number of hydrogen-bond donors (Lipinski definition) is 1. The highest BCUT2D eigenvalue weighted by atomic mass is 16.5. The molecule has 0 aromatic carbocycles. The lowest BCUT2D eigenvalue weighted by Gasteiger charge is -2.32. The molecule has 0 bridgehead atoms. The molecule has 0 unspecified atom stereocenters. The highest BCUT2D eigenvalue weighted by Crippen LogP contribution is 2.30. The molecule has 110 valence electrons. The van der Waals surface area contributed by atoms with E-state index in [-0.39, 0.29) is 11.9 Å². The molecule has 1 saturated carbocycles. The van der Waals surface area contributed by atoms with Gasteiger partial charge in [0.2, 0.25) is 0 Å². The molecule has 5 heteroatoms. The van der Waals surface area contributed by atoms with Gasteiger partial charge in [-0.2, -0.15) is 0 Å². The number of hydrogen-bond acceptors (Lipinski definition) is 4. The third-order valence-corrected chi connectivity index (χ3v) is 4.40. The molecule has 1 N–H and O–H groups in total. The van der Waals surface area contributed by atoms with Crippen LogP contribution in [0.5, 0.6) is 0 Å². The fourth-order valence-electron chi connectivity index (χ4n) is 2.99. The number of nitrogens with one attached hydrogen (secondary N) is 1. The lowest BCUT2D eigenvalue weighted by atomic mass is 10.0. The molecule has 2 fully saturated rings. The zero-order valence-electron chi connectivity index (χ0n) is 12.3. The number of rotatable bonds is 4. The fourth-order valence-corrected chi connectivity index (χ4v) is 2.99. The average Bonchev–Trinajstić information content (AvgIpc) is 3.17. The van der Waals surface area contributed by atoms with E-state index in [1.165, 1.54) is 19.4 Å². The molecule has 3 rings (SSSR count). The van der Waals surface area contributed by atoms with Gasteiger partial charge in [0.15, 0.2) is 0 Å². The molecule has 1 aliphatic carbocycles. The molecule has 1 aromatic heterocycles. The van der Waals surface area contributed by atoms with Crippen LogP contribution in [-0.4, -0.2) is 41.6 Å². The lowest BCUT2D eigenvalue weighted by molar-refractivity contribution is 0.0907. The lowest BCUT2D eigenvalue weighted by Crippen LogP contribution is -2.45. The summed E-state index contributed by atoms with van der Waals surface area (Å²) in [6.07, 6.45) is 4.90. The quantitative estimate of drug-likeness (QED) is 0.913. The molecule has 0 spiro atoms. The SMILES string of the molecule is Cc1noc(C)c1C(=O)NC1CCN(CC2CC2)CC1. The number of aromatic nitrogens is 1. The molecule has 1 aromatic rings. The van der Waals surface area contributed by atoms with Gasteiger partial charge < -0.3 is 14.7 Å². The van der Waals surface area contributed by atoms with Crippen molar-refractivity contribution in [2.24, 2.45) is 5.92 Å². The largest absolute Gasteiger partial charge is 0.361 e. The summed E-state index contributed by atoms with van der Waals surface area (Å²) in [5.41, 5.74) is 1.27. The maximum atomic E-state index is 12.3. The first-order valence-electron chi connectivity index (χ1n) is 7.59. The van der Waals surface area contributed by atoms with E-state index < -0.39 is 0 Å². The van der Waals surface area contributed by atoms with Crippen LogP contribution in [0, 0.1) is 19.8 Å². The Morgan fingerprint density at radius 2 is 2.00 bits per heavy atom. The van der Waals surface area contributed by atoms with Gasteiger partial charge in [-0.15, -0.1) is 0 Å². The number of amides is 1. The number of piperidine rings is 1. The summed E-state index contributed by atoms with van der Waals surface area (Å²) in [4.78, 5) is 14.8. The van der Waals surface area contributed by atoms with E-state index in [0.29, 0.717) is 17.0 Å². The Kier molecular flexibility index (Phi) is 3.78. The Bertz CT molecular complexity index is 466. The molecule has 1 aliphatic heterocycles. The van der Waals surface area contributed by atoms with E-state index in [1.807, 2.05) is 6.92 Å². The molecule has 5 nitrogen and oxygen atoms in total. The highest BCUT2D eigenvalue weighted by molar-refractivity contribution is 5.96. The van der Waals surface area contributed by atoms with E-state index in [2.05, 4.69) is 15.4 Å². The fraction of sp³-hybridized carbons (Fsp3) is 0.733. The smallest absolute Gasteiger partial charge is 0.257 e. The Hall–Kier alpha value is -1.36. The van der Waals surface area contributed by atoms with Gasteiger partial charge in [0.05, 0.1) is 5.69 Å². The molecule has 2 aliphatic rings. The summed E-state index contributed by atoms with van der Waals surface area (Å²) in [7, 11) is 0. The van der Waals surface area contributed by atoms with Gasteiger partial charge in [0, 0.05) is 25.7 Å². The predicted octanol–water partition coefficient (Wildman–Crippen LogP) is 1.90. The van der Waals surface area contributed by atoms with Crippen LogP contribution < -0.4 is 5.32 Å². The first-order chi connectivity index (χ1) is 9.63. The van der Waals surface area contributed by atoms with Crippen LogP contribution in [0.15, 0.2) is 4.52 Å². The van der Waals surface area contributed by atoms with Gasteiger partial charge in [0.25, 0.3) is 5.91 Å². The Morgan fingerprint density at radius 3 is 2.55 bits per heavy atom. The molecule has 1 saturated heterocycles. The minimum atomic E-state index is -0.0399.